The maximum absolute atomic E-state index is 15.2. The Kier molecular flexibility index (Phi) is 7.82. The van der Waals surface area contributed by atoms with Crippen molar-refractivity contribution in [1.82, 2.24) is 14.9 Å². The van der Waals surface area contributed by atoms with Gasteiger partial charge in [0.2, 0.25) is 5.91 Å². The number of hydrogen-bond donors (Lipinski definition) is 1. The number of fused-ring (bicyclic) bond motifs is 2. The van der Waals surface area contributed by atoms with Gasteiger partial charge in [0.15, 0.2) is 5.41 Å². The number of nitrogens with zero attached hydrogens (tertiary/aromatic N) is 3. The first-order valence-electron chi connectivity index (χ1n) is 15.6. The van der Waals surface area contributed by atoms with E-state index in [1.54, 1.807) is 19.5 Å². The number of para-hydroxylation sites is 2. The molecule has 0 radical (unpaired) electrons. The Morgan fingerprint density at radius 2 is 1.72 bits per heavy atom. The van der Waals surface area contributed by atoms with Crippen LogP contribution < -0.4 is 4.74 Å². The van der Waals surface area contributed by atoms with Crippen LogP contribution in [0.15, 0.2) is 128 Å². The van der Waals surface area contributed by atoms with Crippen molar-refractivity contribution in [3.05, 3.63) is 150 Å². The fraction of sp³-hybridized carbons (Fsp3) is 0.175. The third-order valence-electron chi connectivity index (χ3n) is 9.30. The molecule has 4 aromatic carbocycles. The molecule has 0 aliphatic carbocycles. The molecule has 6 aromatic rings. The van der Waals surface area contributed by atoms with E-state index in [0.29, 0.717) is 25.3 Å². The van der Waals surface area contributed by atoms with Gasteiger partial charge in [0, 0.05) is 66.0 Å². The van der Waals surface area contributed by atoms with Crippen LogP contribution in [-0.2, 0) is 11.2 Å². The van der Waals surface area contributed by atoms with E-state index in [-0.39, 0.29) is 12.3 Å². The summed E-state index contributed by atoms with van der Waals surface area (Å²) in [4.78, 5) is 24.8. The molecule has 1 amide bonds. The molecule has 1 N–H and O–H groups in total. The molecule has 0 saturated carbocycles. The molecule has 226 valence electrons. The molecule has 0 spiro atoms. The molecule has 2 atom stereocenters. The summed E-state index contributed by atoms with van der Waals surface area (Å²) >= 11 is 0. The lowest BCUT2D eigenvalue weighted by atomic mass is 9.64. The molecule has 7 rings (SSSR count). The van der Waals surface area contributed by atoms with E-state index < -0.39 is 11.3 Å². The van der Waals surface area contributed by atoms with Crippen molar-refractivity contribution in [3.63, 3.8) is 0 Å². The van der Waals surface area contributed by atoms with Gasteiger partial charge in [-0.1, -0.05) is 91.0 Å². The van der Waals surface area contributed by atoms with Crippen molar-refractivity contribution < 1.29 is 9.53 Å². The molecule has 6 heteroatoms. The van der Waals surface area contributed by atoms with Gasteiger partial charge in [-0.05, 0) is 52.1 Å². The number of methoxy groups -OCH3 is 1. The Bertz CT molecular complexity index is 2100. The van der Waals surface area contributed by atoms with E-state index in [1.807, 2.05) is 83.9 Å². The summed E-state index contributed by atoms with van der Waals surface area (Å²) < 4.78 is 5.91. The van der Waals surface area contributed by atoms with Gasteiger partial charge >= 0.3 is 0 Å². The Labute approximate surface area is 268 Å². The average molecular weight is 603 g/mol. The minimum atomic E-state index is -1.51. The average Bonchev–Trinajstić information content (AvgIpc) is 3.56. The molecule has 46 heavy (non-hydrogen) atoms. The summed E-state index contributed by atoms with van der Waals surface area (Å²) in [5.74, 6) is -0.192. The van der Waals surface area contributed by atoms with Crippen LogP contribution in [0, 0.1) is 16.7 Å². The number of pyridine rings is 1. The first-order valence-corrected chi connectivity index (χ1v) is 15.6. The highest BCUT2D eigenvalue weighted by molar-refractivity contribution is 5.95. The number of carbonyl (C=O) groups is 1. The lowest BCUT2D eigenvalue weighted by Gasteiger charge is -2.40. The number of nitrogens with one attached hydrogen (secondary N) is 1. The maximum atomic E-state index is 15.2. The van der Waals surface area contributed by atoms with Crippen LogP contribution in [0.25, 0.3) is 27.2 Å². The molecule has 2 aromatic heterocycles. The highest BCUT2D eigenvalue weighted by Gasteiger charge is 2.51. The molecular weight excluding hydrogens is 568 g/mol. The van der Waals surface area contributed by atoms with Gasteiger partial charge in [0.25, 0.3) is 0 Å². The van der Waals surface area contributed by atoms with E-state index in [0.717, 1.165) is 38.5 Å². The molecule has 3 heterocycles. The summed E-state index contributed by atoms with van der Waals surface area (Å²) in [6.07, 6.45) is 8.54. The number of rotatable bonds is 8. The molecule has 0 bridgehead atoms. The van der Waals surface area contributed by atoms with Crippen LogP contribution in [0.3, 0.4) is 0 Å². The summed E-state index contributed by atoms with van der Waals surface area (Å²) in [5.41, 5.74) is 4.48. The van der Waals surface area contributed by atoms with Gasteiger partial charge in [-0.15, -0.1) is 0 Å². The standard InChI is InChI=1S/C40H34N4O2/c1-46-37-18-7-5-15-34(37)38(33-16-8-12-29-11-2-3-13-31(29)33)40(27-41,24-28-10-9-21-42-25-28)39(45)44-22-19-30(20-23-44)35-26-43-36-17-6-4-14-32(35)36/h2-19,21,25-26,38,43H,20,22-24H2,1H3/t38?,40-/m1/s1. The number of amides is 1. The largest absolute Gasteiger partial charge is 0.496 e. The maximum Gasteiger partial charge on any atom is 0.244 e. The number of benzene rings is 4. The van der Waals surface area contributed by atoms with Gasteiger partial charge < -0.3 is 14.6 Å². The van der Waals surface area contributed by atoms with E-state index >= 15 is 4.79 Å². The number of aromatic amines is 1. The molecular formula is C40H34N4O2. The van der Waals surface area contributed by atoms with Gasteiger partial charge in [-0.25, -0.2) is 0 Å². The summed E-state index contributed by atoms with van der Waals surface area (Å²) in [6.45, 7) is 0.924. The summed E-state index contributed by atoms with van der Waals surface area (Å²) in [6, 6.07) is 36.7. The molecule has 1 unspecified atom stereocenters. The number of nitriles is 1. The van der Waals surface area contributed by atoms with Crippen LogP contribution in [-0.4, -0.2) is 41.0 Å². The van der Waals surface area contributed by atoms with Crippen molar-refractivity contribution in [1.29, 1.82) is 5.26 Å². The van der Waals surface area contributed by atoms with Gasteiger partial charge in [-0.3, -0.25) is 9.78 Å². The monoisotopic (exact) mass is 602 g/mol. The van der Waals surface area contributed by atoms with Crippen LogP contribution in [0.4, 0.5) is 0 Å². The second-order valence-electron chi connectivity index (χ2n) is 11.8. The minimum absolute atomic E-state index is 0.192. The van der Waals surface area contributed by atoms with E-state index in [2.05, 4.69) is 52.4 Å². The topological polar surface area (TPSA) is 82.0 Å². The molecule has 1 aliphatic heterocycles. The van der Waals surface area contributed by atoms with Crippen LogP contribution >= 0.6 is 0 Å². The zero-order chi connectivity index (χ0) is 31.5. The zero-order valence-corrected chi connectivity index (χ0v) is 25.7. The third kappa shape index (κ3) is 5.10. The fourth-order valence-electron chi connectivity index (χ4n) is 7.10. The lowest BCUT2D eigenvalue weighted by molar-refractivity contribution is -0.139. The number of ether oxygens (including phenoxy) is 1. The Balaban J connectivity index is 1.39. The Morgan fingerprint density at radius 1 is 0.957 bits per heavy atom. The van der Waals surface area contributed by atoms with Crippen LogP contribution in [0.5, 0.6) is 5.75 Å². The normalized spacial score (nSPS) is 15.1. The Hall–Kier alpha value is -5.67. The van der Waals surface area contributed by atoms with Crippen molar-refractivity contribution in [3.8, 4) is 11.8 Å². The second-order valence-corrected chi connectivity index (χ2v) is 11.8. The quantitative estimate of drug-likeness (QED) is 0.192. The second kappa shape index (κ2) is 12.4. The fourth-order valence-corrected chi connectivity index (χ4v) is 7.10. The van der Waals surface area contributed by atoms with Crippen LogP contribution in [0.2, 0.25) is 0 Å². The summed E-state index contributed by atoms with van der Waals surface area (Å²) in [7, 11) is 1.64. The Morgan fingerprint density at radius 3 is 2.50 bits per heavy atom. The van der Waals surface area contributed by atoms with E-state index in [4.69, 9.17) is 4.74 Å². The molecule has 0 fully saturated rings. The number of hydrogen-bond acceptors (Lipinski definition) is 4. The van der Waals surface area contributed by atoms with Crippen LogP contribution in [0.1, 0.15) is 34.6 Å². The van der Waals surface area contributed by atoms with Gasteiger partial charge in [-0.2, -0.15) is 5.26 Å². The van der Waals surface area contributed by atoms with E-state index in [9.17, 15) is 5.26 Å². The highest BCUT2D eigenvalue weighted by atomic mass is 16.5. The number of carbonyl (C=O) groups excluding carboxylic acids is 1. The molecule has 6 nitrogen and oxygen atoms in total. The highest BCUT2D eigenvalue weighted by Crippen LogP contribution is 2.49. The number of aromatic nitrogens is 2. The predicted molar refractivity (Wildman–Crippen MR) is 182 cm³/mol. The first kappa shape index (κ1) is 29.1. The molecule has 0 saturated heterocycles. The zero-order valence-electron chi connectivity index (χ0n) is 25.7. The number of H-pyrrole nitrogens is 1. The predicted octanol–water partition coefficient (Wildman–Crippen LogP) is 7.93. The van der Waals surface area contributed by atoms with Crippen molar-refractivity contribution >= 4 is 33.2 Å². The van der Waals surface area contributed by atoms with Crippen molar-refractivity contribution in [2.75, 3.05) is 20.2 Å². The minimum Gasteiger partial charge on any atom is -0.496 e. The summed E-state index contributed by atoms with van der Waals surface area (Å²) in [5, 5.41) is 14.6. The molecule has 1 aliphatic rings. The lowest BCUT2D eigenvalue weighted by Crippen LogP contribution is -2.49. The third-order valence-corrected chi connectivity index (χ3v) is 9.30. The smallest absolute Gasteiger partial charge is 0.244 e. The first-order chi connectivity index (χ1) is 22.6. The van der Waals surface area contributed by atoms with Gasteiger partial charge in [0.1, 0.15) is 5.75 Å². The SMILES string of the molecule is COc1ccccc1C(c1cccc2ccccc12)[C@](C#N)(Cc1cccnc1)C(=O)N1CC=C(c2c[nH]c3ccccc23)CC1. The van der Waals surface area contributed by atoms with Crippen molar-refractivity contribution in [2.24, 2.45) is 5.41 Å². The van der Waals surface area contributed by atoms with Crippen molar-refractivity contribution in [2.45, 2.75) is 18.8 Å². The van der Waals surface area contributed by atoms with E-state index in [1.165, 1.54) is 11.0 Å². The van der Waals surface area contributed by atoms with Gasteiger partial charge in [0.05, 0.1) is 13.2 Å².